The lowest BCUT2D eigenvalue weighted by atomic mass is 9.83. The second-order valence-electron chi connectivity index (χ2n) is 7.64. The third-order valence-electron chi connectivity index (χ3n) is 5.52. The van der Waals surface area contributed by atoms with E-state index >= 15 is 0 Å². The third kappa shape index (κ3) is 5.16. The van der Waals surface area contributed by atoms with Crippen LogP contribution in [-0.2, 0) is 11.3 Å². The molecule has 3 nitrogen and oxygen atoms in total. The molecule has 0 saturated carbocycles. The van der Waals surface area contributed by atoms with Crippen molar-refractivity contribution >= 4 is 5.91 Å². The fourth-order valence-corrected chi connectivity index (χ4v) is 3.81. The normalized spacial score (nSPS) is 21.6. The van der Waals surface area contributed by atoms with Crippen molar-refractivity contribution in [1.29, 1.82) is 0 Å². The van der Waals surface area contributed by atoms with Crippen molar-refractivity contribution in [3.05, 3.63) is 71.5 Å². The molecule has 27 heavy (non-hydrogen) atoms. The summed E-state index contributed by atoms with van der Waals surface area (Å²) in [6.07, 6.45) is 1.75. The molecule has 1 amide bonds. The number of carbonyl (C=O) groups is 1. The fourth-order valence-electron chi connectivity index (χ4n) is 3.81. The number of hydrogen-bond donors (Lipinski definition) is 1. The molecule has 1 aliphatic rings. The van der Waals surface area contributed by atoms with Crippen LogP contribution in [-0.4, -0.2) is 29.9 Å². The van der Waals surface area contributed by atoms with Crippen molar-refractivity contribution in [2.24, 2.45) is 5.92 Å². The van der Waals surface area contributed by atoms with E-state index in [1.54, 1.807) is 6.07 Å². The van der Waals surface area contributed by atoms with E-state index in [-0.39, 0.29) is 29.6 Å². The van der Waals surface area contributed by atoms with Gasteiger partial charge in [0.1, 0.15) is 5.82 Å². The highest BCUT2D eigenvalue weighted by Gasteiger charge is 2.32. The molecule has 0 radical (unpaired) electrons. The van der Waals surface area contributed by atoms with Crippen LogP contribution >= 0.6 is 0 Å². The molecule has 3 rings (SSSR count). The highest BCUT2D eigenvalue weighted by atomic mass is 19.1. The number of piperidine rings is 1. The van der Waals surface area contributed by atoms with Gasteiger partial charge in [-0.05, 0) is 37.3 Å². The molecule has 144 valence electrons. The zero-order valence-electron chi connectivity index (χ0n) is 16.2. The van der Waals surface area contributed by atoms with Gasteiger partial charge in [-0.2, -0.15) is 0 Å². The first-order valence-corrected chi connectivity index (χ1v) is 9.88. The van der Waals surface area contributed by atoms with E-state index < -0.39 is 0 Å². The molecule has 4 heteroatoms. The number of nitrogens with one attached hydrogen (secondary N) is 1. The van der Waals surface area contributed by atoms with Crippen molar-refractivity contribution < 1.29 is 9.18 Å². The topological polar surface area (TPSA) is 32.3 Å². The van der Waals surface area contributed by atoms with Crippen LogP contribution in [0.15, 0.2) is 54.6 Å². The lowest BCUT2D eigenvalue weighted by molar-refractivity contribution is -0.127. The van der Waals surface area contributed by atoms with E-state index in [0.29, 0.717) is 18.7 Å². The number of benzene rings is 2. The van der Waals surface area contributed by atoms with Gasteiger partial charge in [-0.15, -0.1) is 0 Å². The Morgan fingerprint density at radius 3 is 2.56 bits per heavy atom. The molecule has 2 aromatic rings. The third-order valence-corrected chi connectivity index (χ3v) is 5.52. The van der Waals surface area contributed by atoms with Crippen LogP contribution in [0, 0.1) is 11.7 Å². The lowest BCUT2D eigenvalue weighted by Gasteiger charge is -2.38. The monoisotopic (exact) mass is 368 g/mol. The maximum absolute atomic E-state index is 14.1. The Labute approximate surface area is 161 Å². The average molecular weight is 368 g/mol. The lowest BCUT2D eigenvalue weighted by Crippen LogP contribution is -2.47. The van der Waals surface area contributed by atoms with Crippen LogP contribution in [0.25, 0.3) is 0 Å². The van der Waals surface area contributed by atoms with Crippen molar-refractivity contribution in [3.63, 3.8) is 0 Å². The summed E-state index contributed by atoms with van der Waals surface area (Å²) >= 11 is 0. The highest BCUT2D eigenvalue weighted by Crippen LogP contribution is 2.31. The number of rotatable bonds is 6. The van der Waals surface area contributed by atoms with Crippen LogP contribution in [0.5, 0.6) is 0 Å². The van der Waals surface area contributed by atoms with Gasteiger partial charge in [0.2, 0.25) is 5.91 Å². The maximum atomic E-state index is 14.1. The molecular weight excluding hydrogens is 339 g/mol. The standard InChI is InChI=1S/C23H29FN2O/c1-3-17(2)25-23(27)21-13-20(18-9-5-4-6-10-18)15-26(16-21)14-19-11-7-8-12-22(19)24/h4-12,17,20-21H,3,13-16H2,1-2H3,(H,25,27). The zero-order chi connectivity index (χ0) is 19.2. The van der Waals surface area contributed by atoms with Crippen molar-refractivity contribution in [2.45, 2.75) is 45.2 Å². The van der Waals surface area contributed by atoms with E-state index in [9.17, 15) is 9.18 Å². The first kappa shape index (κ1) is 19.6. The molecule has 2 aromatic carbocycles. The molecule has 3 unspecified atom stereocenters. The number of likely N-dealkylation sites (tertiary alicyclic amines) is 1. The van der Waals surface area contributed by atoms with Gasteiger partial charge in [0, 0.05) is 31.2 Å². The molecule has 0 bridgehead atoms. The van der Waals surface area contributed by atoms with E-state index in [2.05, 4.69) is 29.3 Å². The van der Waals surface area contributed by atoms with Gasteiger partial charge in [0.25, 0.3) is 0 Å². The minimum Gasteiger partial charge on any atom is -0.353 e. The van der Waals surface area contributed by atoms with Crippen LogP contribution in [0.4, 0.5) is 4.39 Å². The number of carbonyl (C=O) groups excluding carboxylic acids is 1. The van der Waals surface area contributed by atoms with Crippen molar-refractivity contribution in [2.75, 3.05) is 13.1 Å². The van der Waals surface area contributed by atoms with Gasteiger partial charge < -0.3 is 5.32 Å². The minimum atomic E-state index is -0.181. The predicted molar refractivity (Wildman–Crippen MR) is 107 cm³/mol. The largest absolute Gasteiger partial charge is 0.353 e. The van der Waals surface area contributed by atoms with E-state index in [1.807, 2.05) is 37.3 Å². The van der Waals surface area contributed by atoms with Crippen molar-refractivity contribution in [3.8, 4) is 0 Å². The Hall–Kier alpha value is -2.20. The summed E-state index contributed by atoms with van der Waals surface area (Å²) in [4.78, 5) is 15.0. The van der Waals surface area contributed by atoms with Crippen LogP contribution in [0.3, 0.4) is 0 Å². The van der Waals surface area contributed by atoms with E-state index in [0.717, 1.165) is 19.4 Å². The number of hydrogen-bond acceptors (Lipinski definition) is 2. The van der Waals surface area contributed by atoms with Gasteiger partial charge in [-0.1, -0.05) is 55.5 Å². The summed E-state index contributed by atoms with van der Waals surface area (Å²) in [5.41, 5.74) is 1.93. The zero-order valence-corrected chi connectivity index (χ0v) is 16.2. The molecule has 0 spiro atoms. The number of amides is 1. The first-order valence-electron chi connectivity index (χ1n) is 9.88. The second kappa shape index (κ2) is 9.14. The average Bonchev–Trinajstić information content (AvgIpc) is 2.70. The summed E-state index contributed by atoms with van der Waals surface area (Å²) in [6, 6.07) is 17.4. The summed E-state index contributed by atoms with van der Waals surface area (Å²) in [5.74, 6) is 0.132. The molecule has 1 N–H and O–H groups in total. The Kier molecular flexibility index (Phi) is 6.62. The minimum absolute atomic E-state index is 0.0790. The molecular formula is C23H29FN2O. The smallest absolute Gasteiger partial charge is 0.224 e. The predicted octanol–water partition coefficient (Wildman–Crippen LogP) is 4.35. The van der Waals surface area contributed by atoms with Crippen LogP contribution in [0.1, 0.15) is 43.7 Å². The van der Waals surface area contributed by atoms with Gasteiger partial charge in [0.05, 0.1) is 5.92 Å². The summed E-state index contributed by atoms with van der Waals surface area (Å²) in [7, 11) is 0. The number of halogens is 1. The SMILES string of the molecule is CCC(C)NC(=O)C1CC(c2ccccc2)CN(Cc2ccccc2F)C1. The number of nitrogens with zero attached hydrogens (tertiary/aromatic N) is 1. The van der Waals surface area contributed by atoms with Gasteiger partial charge in [-0.25, -0.2) is 4.39 Å². The van der Waals surface area contributed by atoms with E-state index in [1.165, 1.54) is 11.6 Å². The molecule has 1 aliphatic heterocycles. The summed E-state index contributed by atoms with van der Waals surface area (Å²) < 4.78 is 14.1. The van der Waals surface area contributed by atoms with Crippen LogP contribution in [0.2, 0.25) is 0 Å². The second-order valence-corrected chi connectivity index (χ2v) is 7.64. The molecule has 0 aromatic heterocycles. The summed E-state index contributed by atoms with van der Waals surface area (Å²) in [6.45, 7) is 6.14. The quantitative estimate of drug-likeness (QED) is 0.822. The fraction of sp³-hybridized carbons (Fsp3) is 0.435. The van der Waals surface area contributed by atoms with Crippen LogP contribution < -0.4 is 5.32 Å². The Bertz CT molecular complexity index is 749. The van der Waals surface area contributed by atoms with Gasteiger partial charge in [-0.3, -0.25) is 9.69 Å². The molecule has 1 saturated heterocycles. The van der Waals surface area contributed by atoms with Gasteiger partial charge >= 0.3 is 0 Å². The maximum Gasteiger partial charge on any atom is 0.224 e. The Balaban J connectivity index is 1.78. The van der Waals surface area contributed by atoms with Gasteiger partial charge in [0.15, 0.2) is 0 Å². The molecule has 1 heterocycles. The van der Waals surface area contributed by atoms with Crippen molar-refractivity contribution in [1.82, 2.24) is 10.2 Å². The molecule has 0 aliphatic carbocycles. The first-order chi connectivity index (χ1) is 13.1. The van der Waals surface area contributed by atoms with E-state index in [4.69, 9.17) is 0 Å². The Morgan fingerprint density at radius 2 is 1.85 bits per heavy atom. The Morgan fingerprint density at radius 1 is 1.15 bits per heavy atom. The molecule has 3 atom stereocenters. The molecule has 1 fully saturated rings. The summed E-state index contributed by atoms with van der Waals surface area (Å²) in [5, 5.41) is 3.13. The highest BCUT2D eigenvalue weighted by molar-refractivity contribution is 5.79.